The molecule has 2 aromatic heterocycles. The van der Waals surface area contributed by atoms with Gasteiger partial charge in [0.05, 0.1) is 11.0 Å². The molecular weight excluding hydrogens is 446 g/mol. The molecule has 0 atom stereocenters. The maximum absolute atomic E-state index is 12.7. The first-order valence-electron chi connectivity index (χ1n) is 10.1. The Kier molecular flexibility index (Phi) is 5.09. The van der Waals surface area contributed by atoms with E-state index in [4.69, 9.17) is 4.18 Å². The van der Waals surface area contributed by atoms with Crippen LogP contribution in [-0.2, 0) is 14.9 Å². The molecule has 0 bridgehead atoms. The number of carbonyl (C=O) groups is 1. The molecule has 1 fully saturated rings. The first-order valence-corrected chi connectivity index (χ1v) is 11.5. The molecule has 1 aliphatic rings. The van der Waals surface area contributed by atoms with Crippen molar-refractivity contribution in [2.24, 2.45) is 0 Å². The van der Waals surface area contributed by atoms with Gasteiger partial charge >= 0.3 is 10.1 Å². The van der Waals surface area contributed by atoms with E-state index in [0.29, 0.717) is 22.7 Å². The average Bonchev–Trinajstić information content (AvgIpc) is 3.54. The van der Waals surface area contributed by atoms with Crippen LogP contribution in [0, 0.1) is 0 Å². The van der Waals surface area contributed by atoms with Crippen molar-refractivity contribution in [2.75, 3.05) is 10.2 Å². The quantitative estimate of drug-likeness (QED) is 0.266. The Morgan fingerprint density at radius 2 is 1.94 bits per heavy atom. The number of aromatic amines is 1. The van der Waals surface area contributed by atoms with E-state index in [9.17, 15) is 18.3 Å². The predicted molar refractivity (Wildman–Crippen MR) is 121 cm³/mol. The Bertz CT molecular complexity index is 1430. The molecule has 11 heteroatoms. The van der Waals surface area contributed by atoms with Crippen LogP contribution in [0.3, 0.4) is 0 Å². The molecule has 1 aliphatic carbocycles. The number of hydrogen-bond donors (Lipinski definition) is 3. The van der Waals surface area contributed by atoms with Gasteiger partial charge in [-0.2, -0.15) is 8.42 Å². The van der Waals surface area contributed by atoms with Crippen molar-refractivity contribution in [3.05, 3.63) is 60.8 Å². The molecule has 0 unspecified atom stereocenters. The third kappa shape index (κ3) is 4.30. The standard InChI is InChI=1S/C22H19N5O5S/c28-13-27(15-5-6-15)22-25-18-10-7-16(12-19(18)26-22)32-33(30,31)17-8-3-14(4-9-17)24-21-20(29)2-1-11-23-21/h1-4,7-13,15,29H,5-6H2,(H,23,24)(H,25,26). The number of anilines is 3. The molecule has 33 heavy (non-hydrogen) atoms. The van der Waals surface area contributed by atoms with Gasteiger partial charge in [-0.15, -0.1) is 0 Å². The van der Waals surface area contributed by atoms with Crippen LogP contribution in [0.2, 0.25) is 0 Å². The van der Waals surface area contributed by atoms with Crippen LogP contribution in [0.25, 0.3) is 11.0 Å². The van der Waals surface area contributed by atoms with Crippen LogP contribution in [0.4, 0.5) is 17.5 Å². The minimum atomic E-state index is -4.09. The molecule has 2 aromatic carbocycles. The van der Waals surface area contributed by atoms with Gasteiger partial charge in [0.15, 0.2) is 11.6 Å². The van der Waals surface area contributed by atoms with Gasteiger partial charge in [0.1, 0.15) is 10.6 Å². The van der Waals surface area contributed by atoms with Crippen molar-refractivity contribution < 1.29 is 22.5 Å². The molecule has 1 amide bonds. The summed E-state index contributed by atoms with van der Waals surface area (Å²) in [6.07, 6.45) is 4.13. The van der Waals surface area contributed by atoms with Crippen molar-refractivity contribution in [3.8, 4) is 11.5 Å². The molecule has 4 aromatic rings. The number of nitrogens with zero attached hydrogens (tertiary/aromatic N) is 3. The minimum absolute atomic E-state index is 0.0247. The average molecular weight is 465 g/mol. The molecule has 3 N–H and O–H groups in total. The van der Waals surface area contributed by atoms with Crippen molar-refractivity contribution in [2.45, 2.75) is 23.8 Å². The Balaban J connectivity index is 1.33. The monoisotopic (exact) mass is 465 g/mol. The molecule has 0 aliphatic heterocycles. The van der Waals surface area contributed by atoms with E-state index in [-0.39, 0.29) is 28.3 Å². The van der Waals surface area contributed by atoms with Gasteiger partial charge in [0.2, 0.25) is 12.4 Å². The van der Waals surface area contributed by atoms with Gasteiger partial charge in [-0.1, -0.05) is 0 Å². The summed E-state index contributed by atoms with van der Waals surface area (Å²) in [4.78, 5) is 24.3. The molecule has 0 saturated heterocycles. The Labute approximate surface area is 189 Å². The number of fused-ring (bicyclic) bond motifs is 1. The van der Waals surface area contributed by atoms with E-state index in [2.05, 4.69) is 20.3 Å². The van der Waals surface area contributed by atoms with E-state index < -0.39 is 10.1 Å². The fourth-order valence-corrected chi connectivity index (χ4v) is 4.24. The first kappa shape index (κ1) is 20.8. The van der Waals surface area contributed by atoms with E-state index in [0.717, 1.165) is 19.3 Å². The maximum Gasteiger partial charge on any atom is 0.339 e. The van der Waals surface area contributed by atoms with Crippen molar-refractivity contribution in [1.29, 1.82) is 0 Å². The molecule has 168 valence electrons. The number of aromatic nitrogens is 3. The van der Waals surface area contributed by atoms with Gasteiger partial charge in [-0.25, -0.2) is 9.97 Å². The highest BCUT2D eigenvalue weighted by atomic mass is 32.2. The number of rotatable bonds is 8. The number of amides is 1. The lowest BCUT2D eigenvalue weighted by Crippen LogP contribution is -2.24. The highest BCUT2D eigenvalue weighted by Gasteiger charge is 2.31. The minimum Gasteiger partial charge on any atom is -0.504 e. The number of hydrogen-bond acceptors (Lipinski definition) is 8. The summed E-state index contributed by atoms with van der Waals surface area (Å²) in [6.45, 7) is 0. The number of nitrogens with one attached hydrogen (secondary N) is 2. The zero-order chi connectivity index (χ0) is 23.0. The summed E-state index contributed by atoms with van der Waals surface area (Å²) in [5.74, 6) is 0.765. The lowest BCUT2D eigenvalue weighted by Gasteiger charge is -2.11. The summed E-state index contributed by atoms with van der Waals surface area (Å²) in [7, 11) is -4.09. The van der Waals surface area contributed by atoms with E-state index in [1.165, 1.54) is 41.4 Å². The smallest absolute Gasteiger partial charge is 0.339 e. The second-order valence-electron chi connectivity index (χ2n) is 7.54. The predicted octanol–water partition coefficient (Wildman–Crippen LogP) is 3.30. The van der Waals surface area contributed by atoms with E-state index >= 15 is 0 Å². The molecule has 1 saturated carbocycles. The molecule has 5 rings (SSSR count). The maximum atomic E-state index is 12.7. The number of aromatic hydroxyl groups is 1. The summed E-state index contributed by atoms with van der Waals surface area (Å²) >= 11 is 0. The van der Waals surface area contributed by atoms with E-state index in [1.54, 1.807) is 24.3 Å². The second-order valence-corrected chi connectivity index (χ2v) is 9.09. The Hall–Kier alpha value is -4.12. The number of benzene rings is 2. The summed E-state index contributed by atoms with van der Waals surface area (Å²) in [6, 6.07) is 13.8. The van der Waals surface area contributed by atoms with Crippen molar-refractivity contribution in [3.63, 3.8) is 0 Å². The molecule has 0 spiro atoms. The van der Waals surface area contributed by atoms with Gasteiger partial charge in [0, 0.05) is 24.0 Å². The SMILES string of the molecule is O=CN(c1nc2ccc(OS(=O)(=O)c3ccc(Nc4ncccc4O)cc3)cc2[nH]1)C1CC1. The number of imidazole rings is 1. The van der Waals surface area contributed by atoms with Crippen LogP contribution in [0.5, 0.6) is 11.5 Å². The number of carbonyl (C=O) groups excluding carboxylic acids is 1. The number of H-pyrrole nitrogens is 1. The fourth-order valence-electron chi connectivity index (χ4n) is 3.32. The largest absolute Gasteiger partial charge is 0.504 e. The van der Waals surface area contributed by atoms with Crippen LogP contribution < -0.4 is 14.4 Å². The second kappa shape index (κ2) is 8.10. The Morgan fingerprint density at radius 1 is 1.15 bits per heavy atom. The van der Waals surface area contributed by atoms with Crippen LogP contribution >= 0.6 is 0 Å². The van der Waals surface area contributed by atoms with Crippen molar-refractivity contribution in [1.82, 2.24) is 15.0 Å². The first-order chi connectivity index (χ1) is 15.9. The Morgan fingerprint density at radius 3 is 2.64 bits per heavy atom. The fraction of sp³-hybridized carbons (Fsp3) is 0.136. The summed E-state index contributed by atoms with van der Waals surface area (Å²) in [5.41, 5.74) is 1.69. The topological polar surface area (TPSA) is 138 Å². The van der Waals surface area contributed by atoms with E-state index in [1.807, 2.05) is 0 Å². The third-order valence-electron chi connectivity index (χ3n) is 5.14. The summed E-state index contributed by atoms with van der Waals surface area (Å²) < 4.78 is 30.8. The summed E-state index contributed by atoms with van der Waals surface area (Å²) in [5, 5.41) is 12.7. The van der Waals surface area contributed by atoms with Gasteiger partial charge < -0.3 is 19.6 Å². The van der Waals surface area contributed by atoms with Gasteiger partial charge in [0.25, 0.3) is 0 Å². The molecule has 0 radical (unpaired) electrons. The number of pyridine rings is 1. The molecule has 2 heterocycles. The van der Waals surface area contributed by atoms with Gasteiger partial charge in [-0.05, 0) is 61.4 Å². The van der Waals surface area contributed by atoms with Crippen molar-refractivity contribution >= 4 is 45.0 Å². The lowest BCUT2D eigenvalue weighted by molar-refractivity contribution is -0.107. The zero-order valence-corrected chi connectivity index (χ0v) is 18.0. The molecule has 10 nitrogen and oxygen atoms in total. The third-order valence-corrected chi connectivity index (χ3v) is 6.40. The molecular formula is C22H19N5O5S. The highest BCUT2D eigenvalue weighted by molar-refractivity contribution is 7.87. The van der Waals surface area contributed by atoms with Gasteiger partial charge in [-0.3, -0.25) is 9.69 Å². The van der Waals surface area contributed by atoms with Crippen LogP contribution in [-0.4, -0.2) is 40.9 Å². The lowest BCUT2D eigenvalue weighted by atomic mass is 10.3. The normalized spacial score (nSPS) is 13.6. The van der Waals surface area contributed by atoms with Crippen LogP contribution in [0.15, 0.2) is 65.7 Å². The van der Waals surface area contributed by atoms with Crippen LogP contribution in [0.1, 0.15) is 12.8 Å². The zero-order valence-electron chi connectivity index (χ0n) is 17.2. The highest BCUT2D eigenvalue weighted by Crippen LogP contribution is 2.31.